The lowest BCUT2D eigenvalue weighted by Gasteiger charge is -1.97. The average molecular weight is 142 g/mol. The van der Waals surface area contributed by atoms with Crippen LogP contribution in [-0.4, -0.2) is 26.9 Å². The number of hydrogen-bond acceptors (Lipinski definition) is 2. The van der Waals surface area contributed by atoms with Gasteiger partial charge in [-0.25, -0.2) is 0 Å². The third kappa shape index (κ3) is 7.63. The molecule has 10 heavy (non-hydrogen) atoms. The molecule has 0 saturated heterocycles. The maximum Gasteiger partial charge on any atom is 0.0382 e. The summed E-state index contributed by atoms with van der Waals surface area (Å²) >= 11 is 0. The summed E-state index contributed by atoms with van der Waals surface area (Å²) in [5, 5.41) is 3.12. The molecule has 0 saturated carbocycles. The van der Waals surface area contributed by atoms with Gasteiger partial charge in [0, 0.05) is 6.54 Å². The van der Waals surface area contributed by atoms with E-state index in [1.807, 2.05) is 7.05 Å². The Labute approximate surface area is 63.7 Å². The highest BCUT2D eigenvalue weighted by molar-refractivity contribution is 5.22. The van der Waals surface area contributed by atoms with Crippen LogP contribution in [0.1, 0.15) is 25.7 Å². The Morgan fingerprint density at radius 1 is 1.20 bits per heavy atom. The van der Waals surface area contributed by atoms with Gasteiger partial charge < -0.3 is 10.3 Å². The van der Waals surface area contributed by atoms with Gasteiger partial charge in [0.2, 0.25) is 0 Å². The zero-order valence-electron chi connectivity index (χ0n) is 6.90. The molecule has 0 aliphatic carbocycles. The molecule has 0 unspecified atom stereocenters. The average Bonchev–Trinajstić information content (AvgIpc) is 1.97. The molecule has 0 fully saturated rings. The van der Waals surface area contributed by atoms with Crippen LogP contribution in [-0.2, 0) is 0 Å². The minimum Gasteiger partial charge on any atom is -0.320 e. The molecule has 0 aromatic carbocycles. The molecule has 0 atom stereocenters. The first kappa shape index (κ1) is 9.63. The molecule has 2 heteroatoms. The molecule has 0 aliphatic heterocycles. The lowest BCUT2D eigenvalue weighted by atomic mass is 10.2. The van der Waals surface area contributed by atoms with E-state index in [-0.39, 0.29) is 0 Å². The van der Waals surface area contributed by atoms with E-state index < -0.39 is 0 Å². The Balaban J connectivity index is 2.70. The van der Waals surface area contributed by atoms with E-state index in [0.29, 0.717) is 0 Å². The van der Waals surface area contributed by atoms with E-state index >= 15 is 0 Å². The van der Waals surface area contributed by atoms with Gasteiger partial charge in [-0.1, -0.05) is 12.8 Å². The monoisotopic (exact) mass is 142 g/mol. The van der Waals surface area contributed by atoms with Gasteiger partial charge in [-0.15, -0.1) is 0 Å². The van der Waals surface area contributed by atoms with Crippen molar-refractivity contribution in [1.82, 2.24) is 5.32 Å². The Morgan fingerprint density at radius 2 is 1.90 bits per heavy atom. The second kappa shape index (κ2) is 8.63. The third-order valence-corrected chi connectivity index (χ3v) is 1.49. The highest BCUT2D eigenvalue weighted by atomic mass is 14.8. The summed E-state index contributed by atoms with van der Waals surface area (Å²) in [5.41, 5.74) is 0. The zero-order chi connectivity index (χ0) is 7.66. The summed E-state index contributed by atoms with van der Waals surface area (Å²) in [6.45, 7) is 5.50. The topological polar surface area (TPSA) is 24.4 Å². The van der Waals surface area contributed by atoms with E-state index in [2.05, 4.69) is 17.0 Å². The number of unbranched alkanes of at least 4 members (excludes halogenated alkanes) is 3. The van der Waals surface area contributed by atoms with Gasteiger partial charge in [0.1, 0.15) is 0 Å². The van der Waals surface area contributed by atoms with Crippen molar-refractivity contribution in [2.75, 3.05) is 20.1 Å². The molecular formula is C8H18N2. The van der Waals surface area contributed by atoms with Crippen LogP contribution in [0.2, 0.25) is 0 Å². The summed E-state index contributed by atoms with van der Waals surface area (Å²) in [6, 6.07) is 0. The number of hydrogen-bond donors (Lipinski definition) is 1. The van der Waals surface area contributed by atoms with Gasteiger partial charge >= 0.3 is 0 Å². The van der Waals surface area contributed by atoms with E-state index in [1.54, 1.807) is 0 Å². The summed E-state index contributed by atoms with van der Waals surface area (Å²) < 4.78 is 0. The summed E-state index contributed by atoms with van der Waals surface area (Å²) in [6.07, 6.45) is 5.10. The van der Waals surface area contributed by atoms with Crippen LogP contribution >= 0.6 is 0 Å². The minimum absolute atomic E-state index is 0.930. The van der Waals surface area contributed by atoms with Crippen LogP contribution in [0.4, 0.5) is 0 Å². The fraction of sp³-hybridized carbons (Fsp3) is 0.875. The SMILES string of the molecule is C=NCCCCCCNC. The normalized spacial score (nSPS) is 9.70. The Hall–Kier alpha value is -0.370. The molecule has 0 aromatic heterocycles. The molecule has 0 aromatic rings. The van der Waals surface area contributed by atoms with E-state index in [1.165, 1.54) is 25.7 Å². The molecule has 1 N–H and O–H groups in total. The molecule has 0 rings (SSSR count). The smallest absolute Gasteiger partial charge is 0.0382 e. The fourth-order valence-corrected chi connectivity index (χ4v) is 0.879. The Kier molecular flexibility index (Phi) is 8.31. The van der Waals surface area contributed by atoms with Crippen molar-refractivity contribution in [3.05, 3.63) is 0 Å². The van der Waals surface area contributed by atoms with Crippen LogP contribution in [0, 0.1) is 0 Å². The van der Waals surface area contributed by atoms with Crippen molar-refractivity contribution in [2.45, 2.75) is 25.7 Å². The number of nitrogens with one attached hydrogen (secondary N) is 1. The molecular weight excluding hydrogens is 124 g/mol. The van der Waals surface area contributed by atoms with E-state index in [0.717, 1.165) is 13.1 Å². The second-order valence-electron chi connectivity index (χ2n) is 2.46. The van der Waals surface area contributed by atoms with Crippen LogP contribution in [0.15, 0.2) is 4.99 Å². The maximum absolute atomic E-state index is 3.79. The van der Waals surface area contributed by atoms with Crippen LogP contribution in [0.25, 0.3) is 0 Å². The zero-order valence-corrected chi connectivity index (χ0v) is 6.90. The molecule has 0 radical (unpaired) electrons. The van der Waals surface area contributed by atoms with Gasteiger partial charge in [-0.2, -0.15) is 0 Å². The molecule has 60 valence electrons. The first-order valence-electron chi connectivity index (χ1n) is 3.99. The van der Waals surface area contributed by atoms with Gasteiger partial charge in [0.25, 0.3) is 0 Å². The van der Waals surface area contributed by atoms with Crippen LogP contribution in [0.3, 0.4) is 0 Å². The predicted molar refractivity (Wildman–Crippen MR) is 46.8 cm³/mol. The van der Waals surface area contributed by atoms with Crippen molar-refractivity contribution >= 4 is 6.72 Å². The van der Waals surface area contributed by atoms with Crippen molar-refractivity contribution in [2.24, 2.45) is 4.99 Å². The molecule has 0 amide bonds. The maximum atomic E-state index is 3.79. The summed E-state index contributed by atoms with van der Waals surface area (Å²) in [7, 11) is 1.99. The van der Waals surface area contributed by atoms with Crippen LogP contribution < -0.4 is 5.32 Å². The second-order valence-corrected chi connectivity index (χ2v) is 2.46. The van der Waals surface area contributed by atoms with Gasteiger partial charge in [-0.05, 0) is 33.2 Å². The van der Waals surface area contributed by atoms with Gasteiger partial charge in [0.15, 0.2) is 0 Å². The van der Waals surface area contributed by atoms with Gasteiger partial charge in [-0.3, -0.25) is 0 Å². The third-order valence-electron chi connectivity index (χ3n) is 1.49. The largest absolute Gasteiger partial charge is 0.320 e. The van der Waals surface area contributed by atoms with Crippen molar-refractivity contribution < 1.29 is 0 Å². The fourth-order valence-electron chi connectivity index (χ4n) is 0.879. The number of nitrogens with zero attached hydrogens (tertiary/aromatic N) is 1. The lowest BCUT2D eigenvalue weighted by Crippen LogP contribution is -2.06. The minimum atomic E-state index is 0.930. The first-order chi connectivity index (χ1) is 4.91. The standard InChI is InChI=1S/C8H18N2/c1-9-7-5-3-4-6-8-10-2/h10H,1,3-8H2,2H3. The number of rotatable bonds is 7. The van der Waals surface area contributed by atoms with Crippen molar-refractivity contribution in [1.29, 1.82) is 0 Å². The lowest BCUT2D eigenvalue weighted by molar-refractivity contribution is 0.622. The first-order valence-corrected chi connectivity index (χ1v) is 3.99. The molecule has 0 bridgehead atoms. The predicted octanol–water partition coefficient (Wildman–Crippen LogP) is 1.47. The molecule has 0 heterocycles. The van der Waals surface area contributed by atoms with E-state index in [4.69, 9.17) is 0 Å². The Bertz CT molecular complexity index is 71.7. The number of aliphatic imine (C=N–C) groups is 1. The molecule has 0 aliphatic rings. The molecule has 2 nitrogen and oxygen atoms in total. The Morgan fingerprint density at radius 3 is 2.50 bits per heavy atom. The van der Waals surface area contributed by atoms with Crippen LogP contribution in [0.5, 0.6) is 0 Å². The highest BCUT2D eigenvalue weighted by Gasteiger charge is 1.86. The highest BCUT2D eigenvalue weighted by Crippen LogP contribution is 1.98. The van der Waals surface area contributed by atoms with Crippen molar-refractivity contribution in [3.8, 4) is 0 Å². The van der Waals surface area contributed by atoms with E-state index in [9.17, 15) is 0 Å². The quantitative estimate of drug-likeness (QED) is 0.422. The van der Waals surface area contributed by atoms with Crippen molar-refractivity contribution in [3.63, 3.8) is 0 Å². The summed E-state index contributed by atoms with van der Waals surface area (Å²) in [4.78, 5) is 3.79. The van der Waals surface area contributed by atoms with Gasteiger partial charge in [0.05, 0.1) is 0 Å². The molecule has 0 spiro atoms. The summed E-state index contributed by atoms with van der Waals surface area (Å²) in [5.74, 6) is 0.